The number of anilines is 1. The Balaban J connectivity index is 0.00000181. The number of alkyl halides is 3. The van der Waals surface area contributed by atoms with Gasteiger partial charge in [0.05, 0.1) is 17.1 Å². The second-order valence-electron chi connectivity index (χ2n) is 6.41. The van der Waals surface area contributed by atoms with E-state index >= 15 is 0 Å². The molecule has 0 saturated carbocycles. The number of benzene rings is 1. The van der Waals surface area contributed by atoms with Crippen molar-refractivity contribution < 1.29 is 20.8 Å². The smallest absolute Gasteiger partial charge is 0.360 e. The molecule has 158 valence electrons. The van der Waals surface area contributed by atoms with E-state index in [4.69, 9.17) is 11.6 Å². The summed E-state index contributed by atoms with van der Waals surface area (Å²) in [4.78, 5) is 28.1. The second kappa shape index (κ2) is 7.79. The number of halogens is 4. The fraction of sp³-hybridized carbons (Fsp3) is 0.158. The number of H-pyrrole nitrogens is 1. The minimum Gasteiger partial charge on any atom is -0.360 e. The highest BCUT2D eigenvalue weighted by Gasteiger charge is 2.27. The molecule has 30 heavy (non-hydrogen) atoms. The Kier molecular flexibility index (Phi) is 5.17. The van der Waals surface area contributed by atoms with Crippen LogP contribution in [0, 0.1) is 0 Å². The van der Waals surface area contributed by atoms with Gasteiger partial charge in [-0.1, -0.05) is 23.7 Å². The summed E-state index contributed by atoms with van der Waals surface area (Å²) in [5.74, 6) is -0.135. The first kappa shape index (κ1) is 19.9. The maximum Gasteiger partial charge on any atom is 0.405 e. The van der Waals surface area contributed by atoms with E-state index in [0.29, 0.717) is 44.2 Å². The number of carbonyl (C=O) groups is 1. The summed E-state index contributed by atoms with van der Waals surface area (Å²) in [6.07, 6.45) is -1.27. The average molecular weight is 439 g/mol. The molecule has 1 amide bonds. The van der Waals surface area contributed by atoms with Gasteiger partial charge in [-0.15, -0.1) is 0 Å². The van der Waals surface area contributed by atoms with Crippen molar-refractivity contribution in [3.8, 4) is 11.4 Å². The summed E-state index contributed by atoms with van der Waals surface area (Å²) in [6.45, 7) is -1.77. The van der Waals surface area contributed by atoms with Crippen molar-refractivity contribution in [1.29, 1.82) is 0 Å². The number of para-hydroxylation sites is 1. The Morgan fingerprint density at radius 3 is 2.80 bits per heavy atom. The number of amides is 1. The van der Waals surface area contributed by atoms with Crippen LogP contribution in [0.5, 0.6) is 0 Å². The molecule has 1 aromatic carbocycles. The average Bonchev–Trinajstić information content (AvgIpc) is 3.12. The van der Waals surface area contributed by atoms with Crippen LogP contribution in [0.1, 0.15) is 2.85 Å². The number of aromatic nitrogens is 4. The first-order valence-corrected chi connectivity index (χ1v) is 9.15. The molecule has 0 radical (unpaired) electrons. The minimum absolute atomic E-state index is 0. The van der Waals surface area contributed by atoms with E-state index in [0.717, 1.165) is 0 Å². The summed E-state index contributed by atoms with van der Waals surface area (Å²) in [5.41, 5.74) is 1.85. The zero-order valence-corrected chi connectivity index (χ0v) is 16.0. The Morgan fingerprint density at radius 2 is 2.00 bits per heavy atom. The number of fused-ring (bicyclic) bond motifs is 2. The highest BCUT2D eigenvalue weighted by Crippen LogP contribution is 2.30. The number of hydrogen-bond donors (Lipinski definition) is 3. The molecule has 0 unspecified atom stereocenters. The molecule has 0 aliphatic carbocycles. The Morgan fingerprint density at radius 1 is 1.20 bits per heavy atom. The molecule has 3 aromatic heterocycles. The van der Waals surface area contributed by atoms with E-state index in [9.17, 15) is 18.0 Å². The van der Waals surface area contributed by atoms with E-state index < -0.39 is 18.6 Å². The highest BCUT2D eigenvalue weighted by atomic mass is 35.5. The third kappa shape index (κ3) is 4.28. The number of hydrogen-bond acceptors (Lipinski definition) is 5. The van der Waals surface area contributed by atoms with Gasteiger partial charge in [0.2, 0.25) is 5.91 Å². The van der Waals surface area contributed by atoms with Crippen LogP contribution < -0.4 is 10.6 Å². The predicted molar refractivity (Wildman–Crippen MR) is 111 cm³/mol. The third-order valence-corrected chi connectivity index (χ3v) is 4.45. The molecule has 4 aromatic rings. The quantitative estimate of drug-likeness (QED) is 0.429. The van der Waals surface area contributed by atoms with Gasteiger partial charge in [-0.2, -0.15) is 13.2 Å². The zero-order valence-electron chi connectivity index (χ0n) is 15.2. The van der Waals surface area contributed by atoms with Crippen molar-refractivity contribution in [1.82, 2.24) is 25.3 Å². The number of rotatable bonds is 5. The topological polar surface area (TPSA) is 95.6 Å². The molecule has 0 fully saturated rings. The first-order chi connectivity index (χ1) is 14.3. The lowest BCUT2D eigenvalue weighted by Crippen LogP contribution is -2.37. The van der Waals surface area contributed by atoms with Gasteiger partial charge in [0, 0.05) is 31.6 Å². The molecule has 0 saturated heterocycles. The molecule has 3 N–H and O–H groups in total. The standard InChI is InChI=1S/C19H14ClF3N6O.2H2/c20-10-5-12-13(7-25-16(12)24-6-10)18-28-14-4-2-1-3-11(14)17(29-18)26-8-15(30)27-9-19(21,22)23;;/h1-7H,8-9H2,(H,24,25)(H,27,30)(H,26,28,29);2*1H. The zero-order chi connectivity index (χ0) is 21.3. The second-order valence-corrected chi connectivity index (χ2v) is 6.85. The Bertz CT molecular complexity index is 1250. The van der Waals surface area contributed by atoms with Crippen LogP contribution in [-0.2, 0) is 4.79 Å². The van der Waals surface area contributed by atoms with Crippen LogP contribution in [0.15, 0.2) is 42.7 Å². The monoisotopic (exact) mass is 438 g/mol. The summed E-state index contributed by atoms with van der Waals surface area (Å²) >= 11 is 6.05. The highest BCUT2D eigenvalue weighted by molar-refractivity contribution is 6.31. The van der Waals surface area contributed by atoms with Gasteiger partial charge in [-0.05, 0) is 18.2 Å². The van der Waals surface area contributed by atoms with Crippen LogP contribution in [0.4, 0.5) is 19.0 Å². The molecule has 0 bridgehead atoms. The van der Waals surface area contributed by atoms with Gasteiger partial charge >= 0.3 is 6.18 Å². The van der Waals surface area contributed by atoms with Gasteiger partial charge in [-0.3, -0.25) is 4.79 Å². The first-order valence-electron chi connectivity index (χ1n) is 8.77. The van der Waals surface area contributed by atoms with Gasteiger partial charge in [0.25, 0.3) is 0 Å². The number of aromatic amines is 1. The molecule has 0 atom stereocenters. The molecule has 3 heterocycles. The molecule has 7 nitrogen and oxygen atoms in total. The summed E-state index contributed by atoms with van der Waals surface area (Å²) in [7, 11) is 0. The van der Waals surface area contributed by atoms with Crippen molar-refractivity contribution in [3.05, 3.63) is 47.7 Å². The molecular weight excluding hydrogens is 421 g/mol. The molecule has 4 rings (SSSR count). The Labute approximate surface area is 175 Å². The Hall–Kier alpha value is -3.40. The van der Waals surface area contributed by atoms with Crippen molar-refractivity contribution in [2.75, 3.05) is 18.4 Å². The number of nitrogens with one attached hydrogen (secondary N) is 3. The fourth-order valence-corrected chi connectivity index (χ4v) is 3.08. The number of pyridine rings is 1. The van der Waals surface area contributed by atoms with Crippen molar-refractivity contribution in [2.24, 2.45) is 0 Å². The van der Waals surface area contributed by atoms with Crippen molar-refractivity contribution in [3.63, 3.8) is 0 Å². The van der Waals surface area contributed by atoms with Gasteiger partial charge < -0.3 is 15.6 Å². The lowest BCUT2D eigenvalue weighted by Gasteiger charge is -2.12. The van der Waals surface area contributed by atoms with Crippen LogP contribution >= 0.6 is 11.6 Å². The van der Waals surface area contributed by atoms with E-state index in [1.165, 1.54) is 6.20 Å². The van der Waals surface area contributed by atoms with Crippen LogP contribution in [-0.4, -0.2) is 45.1 Å². The van der Waals surface area contributed by atoms with E-state index in [1.54, 1.807) is 36.5 Å². The fourth-order valence-electron chi connectivity index (χ4n) is 2.92. The number of carbonyl (C=O) groups excluding carboxylic acids is 1. The SMILES string of the molecule is O=C(CNc1nc(-c2c[nH]c3ncc(Cl)cc23)nc2ccccc12)NCC(F)(F)F.[HH].[HH]. The van der Waals surface area contributed by atoms with Gasteiger partial charge in [-0.25, -0.2) is 15.0 Å². The number of nitrogens with zero attached hydrogens (tertiary/aromatic N) is 3. The summed E-state index contributed by atoms with van der Waals surface area (Å²) < 4.78 is 36.8. The summed E-state index contributed by atoms with van der Waals surface area (Å²) in [5, 5.41) is 6.41. The molecule has 0 aliphatic rings. The normalized spacial score (nSPS) is 11.7. The van der Waals surface area contributed by atoms with Crippen LogP contribution in [0.3, 0.4) is 0 Å². The predicted octanol–water partition coefficient (Wildman–Crippen LogP) is 4.41. The van der Waals surface area contributed by atoms with Crippen molar-refractivity contribution in [2.45, 2.75) is 6.18 Å². The summed E-state index contributed by atoms with van der Waals surface area (Å²) in [6, 6.07) is 8.83. The van der Waals surface area contributed by atoms with E-state index in [2.05, 4.69) is 25.3 Å². The maximum atomic E-state index is 12.3. The molecular formula is C19H18ClF3N6O. The van der Waals surface area contributed by atoms with Gasteiger partial charge in [0.1, 0.15) is 18.0 Å². The molecule has 11 heteroatoms. The third-order valence-electron chi connectivity index (χ3n) is 4.24. The maximum absolute atomic E-state index is 12.3. The van der Waals surface area contributed by atoms with E-state index in [-0.39, 0.29) is 9.40 Å². The lowest BCUT2D eigenvalue weighted by molar-refractivity contribution is -0.137. The minimum atomic E-state index is -4.48. The molecule has 0 spiro atoms. The van der Waals surface area contributed by atoms with Crippen molar-refractivity contribution >= 4 is 45.3 Å². The largest absolute Gasteiger partial charge is 0.405 e. The van der Waals surface area contributed by atoms with E-state index in [1.807, 2.05) is 5.32 Å². The van der Waals surface area contributed by atoms with Crippen LogP contribution in [0.25, 0.3) is 33.3 Å². The lowest BCUT2D eigenvalue weighted by atomic mass is 10.2. The molecule has 0 aliphatic heterocycles. The van der Waals surface area contributed by atoms with Gasteiger partial charge in [0.15, 0.2) is 5.82 Å². The van der Waals surface area contributed by atoms with Crippen LogP contribution in [0.2, 0.25) is 5.02 Å².